The molecule has 5 aromatic rings. The van der Waals surface area contributed by atoms with Crippen LogP contribution in [0.3, 0.4) is 0 Å². The Balaban J connectivity index is 1.55. The summed E-state index contributed by atoms with van der Waals surface area (Å²) in [5, 5.41) is 17.5. The molecule has 3 aromatic carbocycles. The van der Waals surface area contributed by atoms with Crippen molar-refractivity contribution in [2.45, 2.75) is 50.0 Å². The van der Waals surface area contributed by atoms with Crippen LogP contribution in [0.15, 0.2) is 104 Å². The molecule has 2 N–H and O–H groups in total. The zero-order chi connectivity index (χ0) is 35.3. The minimum absolute atomic E-state index is 0.116. The number of anilines is 1. The first-order chi connectivity index (χ1) is 24.1. The van der Waals surface area contributed by atoms with Crippen LogP contribution in [0, 0.1) is 0 Å². The van der Waals surface area contributed by atoms with Crippen molar-refractivity contribution < 1.29 is 28.9 Å². The third-order valence-corrected chi connectivity index (χ3v) is 12.2. The van der Waals surface area contributed by atoms with E-state index in [-0.39, 0.29) is 31.5 Å². The summed E-state index contributed by atoms with van der Waals surface area (Å²) >= 11 is 0. The minimum atomic E-state index is -2.64. The molecule has 0 unspecified atom stereocenters. The van der Waals surface area contributed by atoms with Crippen molar-refractivity contribution in [3.8, 4) is 0 Å². The van der Waals surface area contributed by atoms with Crippen LogP contribution in [0.5, 0.6) is 0 Å². The number of nitrogens with one attached hydrogen (secondary N) is 1. The second-order valence-corrected chi connectivity index (χ2v) is 16.4. The standard InChI is InChI=1S/C37H44N6O6Si/c1-36(2,3)47-23-29-31(44)32(46-21-22-48-42(4)5)37(49-29,50(27-17-11-7-12-18-27)28-19-13-8-14-20-28)43-25-40-30-33(38-24-39-34(30)43)41-35(45)26-15-9-6-10-16-26/h6-20,24-25,29,31-32,44,50H,21-23H2,1-5H3,(H,38,39,41,45)/t29-,31-,32-,37+/m1/s1. The predicted octanol–water partition coefficient (Wildman–Crippen LogP) is 2.77. The molecule has 13 heteroatoms. The van der Waals surface area contributed by atoms with Gasteiger partial charge in [-0.3, -0.25) is 14.2 Å². The molecule has 1 saturated heterocycles. The zero-order valence-corrected chi connectivity index (χ0v) is 30.1. The summed E-state index contributed by atoms with van der Waals surface area (Å²) in [6.07, 6.45) is 0.260. The van der Waals surface area contributed by atoms with E-state index in [1.807, 2.05) is 67.8 Å². The molecule has 262 valence electrons. The highest BCUT2D eigenvalue weighted by molar-refractivity contribution is 6.86. The SMILES string of the molecule is CN(C)OCCO[C@@H]1[C@H](O)[C@@H](COC(C)(C)C)O[C@]1(n1cnc2c(NC(=O)c3ccccc3)ncnc21)[SiH](c1ccccc1)c1ccccc1. The summed E-state index contributed by atoms with van der Waals surface area (Å²) in [5.41, 5.74) is 0.775. The molecule has 0 bridgehead atoms. The highest BCUT2D eigenvalue weighted by atomic mass is 28.3. The van der Waals surface area contributed by atoms with E-state index in [1.54, 1.807) is 49.8 Å². The number of hydrogen-bond acceptors (Lipinski definition) is 10. The Morgan fingerprint density at radius 2 is 1.56 bits per heavy atom. The van der Waals surface area contributed by atoms with Crippen LogP contribution in [0.25, 0.3) is 11.2 Å². The molecular formula is C37H44N6O6Si. The first-order valence-electron chi connectivity index (χ1n) is 16.6. The van der Waals surface area contributed by atoms with Crippen LogP contribution < -0.4 is 15.7 Å². The molecule has 6 rings (SSSR count). The Kier molecular flexibility index (Phi) is 10.8. The number of hydroxylamine groups is 2. The van der Waals surface area contributed by atoms with Crippen molar-refractivity contribution in [1.82, 2.24) is 24.6 Å². The second kappa shape index (κ2) is 15.3. The van der Waals surface area contributed by atoms with Crippen LogP contribution in [0.2, 0.25) is 0 Å². The van der Waals surface area contributed by atoms with Gasteiger partial charge < -0.3 is 24.6 Å². The number of carbonyl (C=O) groups is 1. The van der Waals surface area contributed by atoms with Gasteiger partial charge in [0, 0.05) is 19.7 Å². The molecular weight excluding hydrogens is 653 g/mol. The quantitative estimate of drug-likeness (QED) is 0.108. The largest absolute Gasteiger partial charge is 0.387 e. The van der Waals surface area contributed by atoms with Crippen molar-refractivity contribution in [1.29, 1.82) is 0 Å². The Morgan fingerprint density at radius 3 is 2.16 bits per heavy atom. The van der Waals surface area contributed by atoms with E-state index >= 15 is 0 Å². The van der Waals surface area contributed by atoms with Crippen LogP contribution in [0.4, 0.5) is 5.82 Å². The van der Waals surface area contributed by atoms with Gasteiger partial charge in [-0.05, 0) is 32.9 Å². The van der Waals surface area contributed by atoms with E-state index in [0.717, 1.165) is 10.4 Å². The lowest BCUT2D eigenvalue weighted by molar-refractivity contribution is -0.158. The average molecular weight is 697 g/mol. The summed E-state index contributed by atoms with van der Waals surface area (Å²) in [5.74, 6) is -0.0804. The lowest BCUT2D eigenvalue weighted by Gasteiger charge is -2.42. The molecule has 1 aliphatic heterocycles. The fourth-order valence-electron chi connectivity index (χ4n) is 6.37. The maximum atomic E-state index is 13.2. The number of ether oxygens (including phenoxy) is 3. The number of nitrogens with zero attached hydrogens (tertiary/aromatic N) is 5. The third kappa shape index (κ3) is 7.54. The first kappa shape index (κ1) is 35.5. The number of fused-ring (bicyclic) bond motifs is 1. The number of imidazole rings is 1. The summed E-state index contributed by atoms with van der Waals surface area (Å²) in [4.78, 5) is 32.8. The van der Waals surface area contributed by atoms with Gasteiger partial charge >= 0.3 is 0 Å². The number of carbonyl (C=O) groups excluding carboxylic acids is 1. The summed E-state index contributed by atoms with van der Waals surface area (Å²) in [7, 11) is 0.961. The molecule has 1 aliphatic rings. The van der Waals surface area contributed by atoms with E-state index in [4.69, 9.17) is 29.0 Å². The van der Waals surface area contributed by atoms with Crippen LogP contribution in [-0.2, 0) is 24.4 Å². The highest BCUT2D eigenvalue weighted by Gasteiger charge is 2.62. The van der Waals surface area contributed by atoms with Gasteiger partial charge in [0.1, 0.15) is 24.6 Å². The number of aliphatic hydroxyl groups is 1. The predicted molar refractivity (Wildman–Crippen MR) is 193 cm³/mol. The van der Waals surface area contributed by atoms with Gasteiger partial charge in [0.2, 0.25) is 0 Å². The molecule has 0 aliphatic carbocycles. The van der Waals surface area contributed by atoms with E-state index in [0.29, 0.717) is 16.7 Å². The lowest BCUT2D eigenvalue weighted by atomic mass is 10.1. The number of aliphatic hydroxyl groups excluding tert-OH is 1. The molecule has 1 amide bonds. The first-order valence-corrected chi connectivity index (χ1v) is 18.4. The summed E-state index contributed by atoms with van der Waals surface area (Å²) in [6, 6.07) is 29.2. The Bertz CT molecular complexity index is 1820. The monoisotopic (exact) mass is 696 g/mol. The van der Waals surface area contributed by atoms with Gasteiger partial charge in [0.05, 0.1) is 31.7 Å². The fourth-order valence-corrected chi connectivity index (χ4v) is 10.3. The van der Waals surface area contributed by atoms with Crippen LogP contribution in [0.1, 0.15) is 31.1 Å². The summed E-state index contributed by atoms with van der Waals surface area (Å²) in [6.45, 7) is 6.43. The van der Waals surface area contributed by atoms with E-state index in [9.17, 15) is 9.90 Å². The van der Waals surface area contributed by atoms with Crippen molar-refractivity contribution in [2.24, 2.45) is 0 Å². The van der Waals surface area contributed by atoms with Gasteiger partial charge in [-0.1, -0.05) is 89.2 Å². The topological polar surface area (TPSA) is 133 Å². The zero-order valence-electron chi connectivity index (χ0n) is 29.0. The molecule has 0 saturated carbocycles. The summed E-state index contributed by atoms with van der Waals surface area (Å²) < 4.78 is 22.0. The maximum absolute atomic E-state index is 13.2. The van der Waals surface area contributed by atoms with Crippen LogP contribution in [-0.4, -0.2) is 102 Å². The van der Waals surface area contributed by atoms with Crippen molar-refractivity contribution >= 4 is 42.1 Å². The Morgan fingerprint density at radius 1 is 0.940 bits per heavy atom. The number of rotatable bonds is 13. The van der Waals surface area contributed by atoms with Gasteiger partial charge in [-0.15, -0.1) is 0 Å². The Hall–Kier alpha value is -4.34. The molecule has 1 fully saturated rings. The van der Waals surface area contributed by atoms with Gasteiger partial charge in [0.15, 0.2) is 31.1 Å². The van der Waals surface area contributed by atoms with Crippen molar-refractivity contribution in [3.63, 3.8) is 0 Å². The molecule has 0 radical (unpaired) electrons. The van der Waals surface area contributed by atoms with Gasteiger partial charge in [-0.25, -0.2) is 15.0 Å². The van der Waals surface area contributed by atoms with Gasteiger partial charge in [-0.2, -0.15) is 5.06 Å². The minimum Gasteiger partial charge on any atom is -0.387 e. The maximum Gasteiger partial charge on any atom is 0.256 e. The molecule has 4 atom stereocenters. The highest BCUT2D eigenvalue weighted by Crippen LogP contribution is 2.42. The average Bonchev–Trinajstić information content (AvgIpc) is 3.67. The number of hydrogen-bond donors (Lipinski definition) is 2. The fraction of sp³-hybridized carbons (Fsp3) is 0.351. The van der Waals surface area contributed by atoms with E-state index < -0.39 is 38.1 Å². The molecule has 3 heterocycles. The molecule has 50 heavy (non-hydrogen) atoms. The number of aromatic nitrogens is 4. The van der Waals surface area contributed by atoms with E-state index in [2.05, 4.69) is 34.6 Å². The Labute approximate surface area is 293 Å². The molecule has 0 spiro atoms. The van der Waals surface area contributed by atoms with E-state index in [1.165, 1.54) is 6.33 Å². The number of benzene rings is 3. The van der Waals surface area contributed by atoms with Crippen LogP contribution >= 0.6 is 0 Å². The molecule has 12 nitrogen and oxygen atoms in total. The van der Waals surface area contributed by atoms with Crippen molar-refractivity contribution in [2.75, 3.05) is 39.2 Å². The normalized spacial score (nSPS) is 20.9. The second-order valence-electron chi connectivity index (χ2n) is 13.3. The lowest BCUT2D eigenvalue weighted by Crippen LogP contribution is -2.67. The third-order valence-electron chi connectivity index (χ3n) is 8.51. The van der Waals surface area contributed by atoms with Crippen molar-refractivity contribution in [3.05, 3.63) is 109 Å². The molecule has 2 aromatic heterocycles. The van der Waals surface area contributed by atoms with Gasteiger partial charge in [0.25, 0.3) is 5.91 Å². The number of amides is 1. The smallest absolute Gasteiger partial charge is 0.256 e.